The molecule has 1 aliphatic rings. The van der Waals surface area contributed by atoms with Gasteiger partial charge in [-0.05, 0) is 36.2 Å². The van der Waals surface area contributed by atoms with Crippen LogP contribution in [0, 0.1) is 0 Å². The van der Waals surface area contributed by atoms with Gasteiger partial charge in [0.15, 0.2) is 0 Å². The van der Waals surface area contributed by atoms with Gasteiger partial charge in [-0.25, -0.2) is 4.79 Å². The van der Waals surface area contributed by atoms with E-state index < -0.39 is 12.1 Å². The van der Waals surface area contributed by atoms with E-state index in [2.05, 4.69) is 46.5 Å². The quantitative estimate of drug-likeness (QED) is 0.884. The molecule has 1 saturated heterocycles. The number of rotatable bonds is 4. The summed E-state index contributed by atoms with van der Waals surface area (Å²) in [6.45, 7) is 2.66. The Morgan fingerprint density at radius 1 is 1.24 bits per heavy atom. The predicted molar refractivity (Wildman–Crippen MR) is 85.5 cm³/mol. The van der Waals surface area contributed by atoms with E-state index in [1.807, 2.05) is 12.1 Å². The van der Waals surface area contributed by atoms with Crippen LogP contribution in [0.25, 0.3) is 5.69 Å². The summed E-state index contributed by atoms with van der Waals surface area (Å²) in [5, 5.41) is 10.6. The molecule has 1 fully saturated rings. The summed E-state index contributed by atoms with van der Waals surface area (Å²) in [4.78, 5) is 8.90. The number of carboxylic acid groups (broad SMARTS) is 1. The zero-order chi connectivity index (χ0) is 18.3. The average Bonchev–Trinajstić information content (AvgIpc) is 3.27. The Morgan fingerprint density at radius 3 is 2.32 bits per heavy atom. The normalized spacial score (nSPS) is 17.0. The van der Waals surface area contributed by atoms with Gasteiger partial charge in [-0.2, -0.15) is 13.2 Å². The van der Waals surface area contributed by atoms with Gasteiger partial charge in [-0.1, -0.05) is 12.1 Å². The van der Waals surface area contributed by atoms with E-state index in [0.717, 1.165) is 26.2 Å². The number of benzene rings is 1. The molecule has 2 aromatic rings. The SMILES string of the molecule is O=C(O)C(F)(F)F.c1ccn(-c2ccc(CN[C@H]3CCOC3)cc2)c1. The van der Waals surface area contributed by atoms with E-state index >= 15 is 0 Å². The van der Waals surface area contributed by atoms with Crippen molar-refractivity contribution in [2.45, 2.75) is 25.2 Å². The van der Waals surface area contributed by atoms with Crippen LogP contribution in [0.15, 0.2) is 48.8 Å². The first-order valence-corrected chi connectivity index (χ1v) is 7.70. The van der Waals surface area contributed by atoms with Gasteiger partial charge in [-0.3, -0.25) is 0 Å². The topological polar surface area (TPSA) is 63.5 Å². The molecule has 2 heterocycles. The van der Waals surface area contributed by atoms with Crippen LogP contribution in [-0.2, 0) is 16.1 Å². The van der Waals surface area contributed by atoms with Gasteiger partial charge >= 0.3 is 12.1 Å². The van der Waals surface area contributed by atoms with Crippen LogP contribution in [0.1, 0.15) is 12.0 Å². The van der Waals surface area contributed by atoms with Crippen molar-refractivity contribution in [1.29, 1.82) is 0 Å². The molecule has 0 radical (unpaired) electrons. The van der Waals surface area contributed by atoms with E-state index in [4.69, 9.17) is 14.6 Å². The highest BCUT2D eigenvalue weighted by Gasteiger charge is 2.38. The molecular weight excluding hydrogens is 337 g/mol. The molecule has 5 nitrogen and oxygen atoms in total. The fourth-order valence-electron chi connectivity index (χ4n) is 2.25. The highest BCUT2D eigenvalue weighted by molar-refractivity contribution is 5.73. The second kappa shape index (κ2) is 8.68. The number of carboxylic acids is 1. The number of hydrogen-bond donors (Lipinski definition) is 2. The number of carbonyl (C=O) groups is 1. The molecule has 25 heavy (non-hydrogen) atoms. The molecule has 0 bridgehead atoms. The minimum absolute atomic E-state index is 0.522. The standard InChI is InChI=1S/C15H18N2O.C2HF3O2/c1-2-9-17(8-1)15-5-3-13(4-6-15)11-16-14-7-10-18-12-14;3-2(4,5)1(6)7/h1-6,8-9,14,16H,7,10-12H2;(H,6,7)/t14-;/m0./s1. The number of ether oxygens (including phenoxy) is 1. The van der Waals surface area contributed by atoms with Crippen molar-refractivity contribution in [2.75, 3.05) is 13.2 Å². The minimum Gasteiger partial charge on any atom is -0.475 e. The molecule has 0 amide bonds. The summed E-state index contributed by atoms with van der Waals surface area (Å²) in [6, 6.07) is 13.3. The fraction of sp³-hybridized carbons (Fsp3) is 0.353. The Kier molecular flexibility index (Phi) is 6.60. The maximum Gasteiger partial charge on any atom is 0.490 e. The van der Waals surface area contributed by atoms with Crippen LogP contribution in [-0.4, -0.2) is 41.1 Å². The fourth-order valence-corrected chi connectivity index (χ4v) is 2.25. The average molecular weight is 356 g/mol. The van der Waals surface area contributed by atoms with Crippen molar-refractivity contribution in [2.24, 2.45) is 0 Å². The van der Waals surface area contributed by atoms with Crippen LogP contribution in [0.2, 0.25) is 0 Å². The van der Waals surface area contributed by atoms with Gasteiger partial charge in [0.2, 0.25) is 0 Å². The van der Waals surface area contributed by atoms with E-state index in [1.54, 1.807) is 0 Å². The van der Waals surface area contributed by atoms with Crippen molar-refractivity contribution in [3.8, 4) is 5.69 Å². The molecule has 3 rings (SSSR count). The highest BCUT2D eigenvalue weighted by atomic mass is 19.4. The monoisotopic (exact) mass is 356 g/mol. The second-order valence-electron chi connectivity index (χ2n) is 5.50. The van der Waals surface area contributed by atoms with Gasteiger partial charge in [-0.15, -0.1) is 0 Å². The lowest BCUT2D eigenvalue weighted by Crippen LogP contribution is -2.28. The smallest absolute Gasteiger partial charge is 0.475 e. The molecule has 0 aliphatic carbocycles. The van der Waals surface area contributed by atoms with Crippen molar-refractivity contribution in [3.63, 3.8) is 0 Å². The number of nitrogens with one attached hydrogen (secondary N) is 1. The molecule has 2 N–H and O–H groups in total. The largest absolute Gasteiger partial charge is 0.490 e. The van der Waals surface area contributed by atoms with Gasteiger partial charge in [0, 0.05) is 37.3 Å². The first-order valence-electron chi connectivity index (χ1n) is 7.70. The van der Waals surface area contributed by atoms with E-state index in [0.29, 0.717) is 6.04 Å². The maximum atomic E-state index is 10.6. The van der Waals surface area contributed by atoms with Crippen molar-refractivity contribution in [1.82, 2.24) is 9.88 Å². The second-order valence-corrected chi connectivity index (χ2v) is 5.50. The summed E-state index contributed by atoms with van der Waals surface area (Å²) in [6.07, 6.45) is 0.160. The summed E-state index contributed by atoms with van der Waals surface area (Å²) in [7, 11) is 0. The van der Waals surface area contributed by atoms with Crippen LogP contribution in [0.4, 0.5) is 13.2 Å². The Bertz CT molecular complexity index is 649. The first kappa shape index (κ1) is 19.0. The van der Waals surface area contributed by atoms with E-state index in [9.17, 15) is 13.2 Å². The third-order valence-electron chi connectivity index (χ3n) is 3.61. The van der Waals surface area contributed by atoms with Gasteiger partial charge in [0.1, 0.15) is 0 Å². The highest BCUT2D eigenvalue weighted by Crippen LogP contribution is 2.13. The maximum absolute atomic E-state index is 10.6. The molecule has 0 saturated carbocycles. The van der Waals surface area contributed by atoms with Crippen molar-refractivity contribution in [3.05, 3.63) is 54.4 Å². The molecule has 136 valence electrons. The molecule has 0 unspecified atom stereocenters. The van der Waals surface area contributed by atoms with Crippen LogP contribution < -0.4 is 5.32 Å². The van der Waals surface area contributed by atoms with Crippen LogP contribution in [0.5, 0.6) is 0 Å². The lowest BCUT2D eigenvalue weighted by Gasteiger charge is -2.11. The zero-order valence-electron chi connectivity index (χ0n) is 13.4. The number of aromatic nitrogens is 1. The lowest BCUT2D eigenvalue weighted by molar-refractivity contribution is -0.192. The molecule has 1 aromatic carbocycles. The predicted octanol–water partition coefficient (Wildman–Crippen LogP) is 2.99. The van der Waals surface area contributed by atoms with Gasteiger partial charge in [0.25, 0.3) is 0 Å². The van der Waals surface area contributed by atoms with E-state index in [-0.39, 0.29) is 0 Å². The zero-order valence-corrected chi connectivity index (χ0v) is 13.4. The Morgan fingerprint density at radius 2 is 1.84 bits per heavy atom. The first-order chi connectivity index (χ1) is 11.9. The van der Waals surface area contributed by atoms with E-state index in [1.165, 1.54) is 11.3 Å². The van der Waals surface area contributed by atoms with Crippen LogP contribution in [0.3, 0.4) is 0 Å². The number of hydrogen-bond acceptors (Lipinski definition) is 3. The summed E-state index contributed by atoms with van der Waals surface area (Å²) >= 11 is 0. The molecule has 1 aliphatic heterocycles. The van der Waals surface area contributed by atoms with Gasteiger partial charge in [0.05, 0.1) is 6.61 Å². The molecular formula is C17H19F3N2O3. The van der Waals surface area contributed by atoms with Crippen LogP contribution >= 0.6 is 0 Å². The van der Waals surface area contributed by atoms with Crippen molar-refractivity contribution >= 4 is 5.97 Å². The lowest BCUT2D eigenvalue weighted by atomic mass is 10.2. The third-order valence-corrected chi connectivity index (χ3v) is 3.61. The number of aliphatic carboxylic acids is 1. The Balaban J connectivity index is 0.000000277. The Labute approximate surface area is 143 Å². The molecule has 0 spiro atoms. The summed E-state index contributed by atoms with van der Waals surface area (Å²) in [5.74, 6) is -2.76. The molecule has 1 atom stereocenters. The number of halogens is 3. The third kappa shape index (κ3) is 6.24. The Hall–Kier alpha value is -2.32. The number of alkyl halides is 3. The summed E-state index contributed by atoms with van der Waals surface area (Å²) < 4.78 is 39.2. The molecule has 1 aromatic heterocycles. The minimum atomic E-state index is -5.08. The number of nitrogens with zero attached hydrogens (tertiary/aromatic N) is 1. The molecule has 8 heteroatoms. The summed E-state index contributed by atoms with van der Waals surface area (Å²) in [5.41, 5.74) is 2.52. The van der Waals surface area contributed by atoms with Gasteiger partial charge < -0.3 is 19.7 Å². The van der Waals surface area contributed by atoms with Crippen molar-refractivity contribution < 1.29 is 27.8 Å².